The Morgan fingerprint density at radius 1 is 1.00 bits per heavy atom. The second kappa shape index (κ2) is 15.3. The average Bonchev–Trinajstić information content (AvgIpc) is 2.67. The lowest BCUT2D eigenvalue weighted by Crippen LogP contribution is -1.93. The Balaban J connectivity index is 2.02. The molecule has 0 aromatic heterocycles. The minimum absolute atomic E-state index is 0.163. The zero-order valence-corrected chi connectivity index (χ0v) is 17.3. The largest absolute Gasteiger partial charge is 0.504 e. The van der Waals surface area contributed by atoms with Crippen molar-refractivity contribution in [2.75, 3.05) is 7.11 Å². The van der Waals surface area contributed by atoms with Crippen molar-refractivity contribution in [3.05, 3.63) is 35.9 Å². The van der Waals surface area contributed by atoms with Crippen LogP contribution in [0.2, 0.25) is 0 Å². The lowest BCUT2D eigenvalue weighted by molar-refractivity contribution is -0.114. The van der Waals surface area contributed by atoms with Crippen molar-refractivity contribution in [1.29, 1.82) is 0 Å². The van der Waals surface area contributed by atoms with Gasteiger partial charge in [0.05, 0.1) is 7.11 Å². The minimum atomic E-state index is 0.163. The van der Waals surface area contributed by atoms with Gasteiger partial charge in [-0.15, -0.1) is 0 Å². The Hall–Kier alpha value is -1.77. The number of methoxy groups -OCH3 is 1. The summed E-state index contributed by atoms with van der Waals surface area (Å²) in [5.74, 6) is 0.879. The Kier molecular flexibility index (Phi) is 13.2. The van der Waals surface area contributed by atoms with E-state index in [1.54, 1.807) is 18.2 Å². The molecule has 0 radical (unpaired) electrons. The molecule has 0 saturated carbocycles. The van der Waals surface area contributed by atoms with Gasteiger partial charge in [-0.3, -0.25) is 4.79 Å². The normalized spacial score (nSPS) is 11.2. The summed E-state index contributed by atoms with van der Waals surface area (Å²) >= 11 is 0. The molecule has 3 heteroatoms. The molecule has 27 heavy (non-hydrogen) atoms. The second-order valence-electron chi connectivity index (χ2n) is 7.35. The first-order chi connectivity index (χ1) is 13.2. The van der Waals surface area contributed by atoms with E-state index in [-0.39, 0.29) is 11.5 Å². The quantitative estimate of drug-likeness (QED) is 0.256. The molecule has 0 aliphatic carbocycles. The Morgan fingerprint density at radius 3 is 2.22 bits per heavy atom. The number of carbonyl (C=O) groups excluding carboxylic acids is 1. The van der Waals surface area contributed by atoms with Crippen LogP contribution in [0.3, 0.4) is 0 Å². The van der Waals surface area contributed by atoms with E-state index in [0.717, 1.165) is 24.8 Å². The summed E-state index contributed by atoms with van der Waals surface area (Å²) in [6.07, 6.45) is 18.8. The van der Waals surface area contributed by atoms with Crippen molar-refractivity contribution in [2.45, 2.75) is 90.4 Å². The third-order valence-electron chi connectivity index (χ3n) is 4.92. The van der Waals surface area contributed by atoms with Crippen LogP contribution in [0, 0.1) is 0 Å². The first-order valence-corrected chi connectivity index (χ1v) is 10.7. The van der Waals surface area contributed by atoms with E-state index >= 15 is 0 Å². The van der Waals surface area contributed by atoms with Gasteiger partial charge in [0, 0.05) is 6.42 Å². The van der Waals surface area contributed by atoms with Gasteiger partial charge in [0.2, 0.25) is 0 Å². The predicted molar refractivity (Wildman–Crippen MR) is 114 cm³/mol. The maximum atomic E-state index is 11.9. The highest BCUT2D eigenvalue weighted by Gasteiger charge is 2.02. The van der Waals surface area contributed by atoms with Crippen LogP contribution in [0.15, 0.2) is 30.4 Å². The van der Waals surface area contributed by atoms with Crippen LogP contribution in [0.4, 0.5) is 0 Å². The molecule has 0 aliphatic heterocycles. The van der Waals surface area contributed by atoms with Crippen molar-refractivity contribution in [3.8, 4) is 11.5 Å². The van der Waals surface area contributed by atoms with Gasteiger partial charge in [-0.1, -0.05) is 76.9 Å². The Labute approximate surface area is 165 Å². The SMILES string of the molecule is CCCCCCCCCCCCC(=O)C=CCCc1ccc(OC)c(O)c1. The fraction of sp³-hybridized carbons (Fsp3) is 0.625. The number of phenols is 1. The second-order valence-corrected chi connectivity index (χ2v) is 7.35. The zero-order chi connectivity index (χ0) is 19.7. The summed E-state index contributed by atoms with van der Waals surface area (Å²) in [4.78, 5) is 11.9. The molecule has 0 atom stereocenters. The number of rotatable bonds is 16. The molecule has 0 fully saturated rings. The van der Waals surface area contributed by atoms with E-state index in [2.05, 4.69) is 6.92 Å². The number of ether oxygens (including phenoxy) is 1. The maximum Gasteiger partial charge on any atom is 0.160 e. The van der Waals surface area contributed by atoms with E-state index < -0.39 is 0 Å². The van der Waals surface area contributed by atoms with Gasteiger partial charge in [0.1, 0.15) is 0 Å². The molecule has 0 bridgehead atoms. The number of ketones is 1. The predicted octanol–water partition coefficient (Wildman–Crippen LogP) is 6.77. The van der Waals surface area contributed by atoms with Gasteiger partial charge in [-0.2, -0.15) is 0 Å². The van der Waals surface area contributed by atoms with Crippen molar-refractivity contribution in [1.82, 2.24) is 0 Å². The van der Waals surface area contributed by atoms with E-state index in [1.807, 2.05) is 12.1 Å². The summed E-state index contributed by atoms with van der Waals surface area (Å²) in [7, 11) is 1.54. The van der Waals surface area contributed by atoms with Crippen molar-refractivity contribution < 1.29 is 14.6 Å². The molecular formula is C24H38O3. The molecule has 0 spiro atoms. The van der Waals surface area contributed by atoms with Crippen LogP contribution in [0.1, 0.15) is 89.5 Å². The van der Waals surface area contributed by atoms with E-state index in [0.29, 0.717) is 12.2 Å². The highest BCUT2D eigenvalue weighted by Crippen LogP contribution is 2.26. The van der Waals surface area contributed by atoms with Gasteiger partial charge in [-0.25, -0.2) is 0 Å². The van der Waals surface area contributed by atoms with Gasteiger partial charge in [0.15, 0.2) is 17.3 Å². The van der Waals surface area contributed by atoms with Gasteiger partial charge < -0.3 is 9.84 Å². The van der Waals surface area contributed by atoms with Crippen LogP contribution in [-0.4, -0.2) is 18.0 Å². The van der Waals surface area contributed by atoms with E-state index in [9.17, 15) is 9.90 Å². The van der Waals surface area contributed by atoms with Crippen LogP contribution < -0.4 is 4.74 Å². The van der Waals surface area contributed by atoms with Crippen LogP contribution in [0.25, 0.3) is 0 Å². The minimum Gasteiger partial charge on any atom is -0.504 e. The summed E-state index contributed by atoms with van der Waals surface area (Å²) in [5, 5.41) is 9.76. The number of aryl methyl sites for hydroxylation is 1. The summed E-state index contributed by atoms with van der Waals surface area (Å²) in [6, 6.07) is 5.43. The molecule has 1 aromatic rings. The molecule has 1 N–H and O–H groups in total. The number of phenolic OH excluding ortho intramolecular Hbond substituents is 1. The molecular weight excluding hydrogens is 336 g/mol. The standard InChI is InChI=1S/C24H38O3/c1-3-4-5-6-7-8-9-10-11-12-16-22(25)17-14-13-15-21-18-19-24(27-2)23(26)20-21/h14,17-20,26H,3-13,15-16H2,1-2H3. The monoisotopic (exact) mass is 374 g/mol. The molecule has 0 unspecified atom stereocenters. The number of allylic oxidation sites excluding steroid dienone is 2. The van der Waals surface area contributed by atoms with Crippen LogP contribution in [0.5, 0.6) is 11.5 Å². The summed E-state index contributed by atoms with van der Waals surface area (Å²) < 4.78 is 5.04. The highest BCUT2D eigenvalue weighted by atomic mass is 16.5. The number of carbonyl (C=O) groups is 1. The van der Waals surface area contributed by atoms with Crippen molar-refractivity contribution in [2.24, 2.45) is 0 Å². The molecule has 152 valence electrons. The summed E-state index contributed by atoms with van der Waals surface area (Å²) in [5.41, 5.74) is 1.04. The molecule has 0 amide bonds. The first kappa shape index (κ1) is 23.3. The molecule has 3 nitrogen and oxygen atoms in total. The fourth-order valence-corrected chi connectivity index (χ4v) is 3.23. The van der Waals surface area contributed by atoms with E-state index in [1.165, 1.54) is 64.9 Å². The first-order valence-electron chi connectivity index (χ1n) is 10.7. The average molecular weight is 375 g/mol. The number of hydrogen-bond acceptors (Lipinski definition) is 3. The summed E-state index contributed by atoms with van der Waals surface area (Å²) in [6.45, 7) is 2.25. The van der Waals surface area contributed by atoms with Gasteiger partial charge >= 0.3 is 0 Å². The number of unbranched alkanes of at least 4 members (excludes halogenated alkanes) is 9. The zero-order valence-electron chi connectivity index (χ0n) is 17.3. The Morgan fingerprint density at radius 2 is 1.63 bits per heavy atom. The number of hydrogen-bond donors (Lipinski definition) is 1. The Bertz CT molecular complexity index is 549. The maximum absolute atomic E-state index is 11.9. The molecule has 1 rings (SSSR count). The van der Waals surface area contributed by atoms with Crippen molar-refractivity contribution >= 4 is 5.78 Å². The smallest absolute Gasteiger partial charge is 0.160 e. The van der Waals surface area contributed by atoms with Crippen LogP contribution >= 0.6 is 0 Å². The lowest BCUT2D eigenvalue weighted by Gasteiger charge is -2.05. The third kappa shape index (κ3) is 11.5. The number of aromatic hydroxyl groups is 1. The number of benzene rings is 1. The van der Waals surface area contributed by atoms with Gasteiger partial charge in [0.25, 0.3) is 0 Å². The topological polar surface area (TPSA) is 46.5 Å². The molecule has 0 saturated heterocycles. The molecule has 1 aromatic carbocycles. The highest BCUT2D eigenvalue weighted by molar-refractivity contribution is 5.89. The third-order valence-corrected chi connectivity index (χ3v) is 4.92. The lowest BCUT2D eigenvalue weighted by atomic mass is 10.0. The van der Waals surface area contributed by atoms with Crippen molar-refractivity contribution in [3.63, 3.8) is 0 Å². The fourth-order valence-electron chi connectivity index (χ4n) is 3.23. The molecule has 0 aliphatic rings. The van der Waals surface area contributed by atoms with E-state index in [4.69, 9.17) is 4.74 Å². The van der Waals surface area contributed by atoms with Gasteiger partial charge in [-0.05, 0) is 43.0 Å². The molecule has 0 heterocycles. The van der Waals surface area contributed by atoms with Crippen LogP contribution in [-0.2, 0) is 11.2 Å².